The van der Waals surface area contributed by atoms with Crippen molar-refractivity contribution in [2.45, 2.75) is 32.7 Å². The lowest BCUT2D eigenvalue weighted by atomic mass is 10.1. The third-order valence-corrected chi connectivity index (χ3v) is 4.06. The Morgan fingerprint density at radius 2 is 1.86 bits per heavy atom. The van der Waals surface area contributed by atoms with Crippen molar-refractivity contribution in [3.8, 4) is 17.3 Å². The fraction of sp³-hybridized carbons (Fsp3) is 0.263. The van der Waals surface area contributed by atoms with Gasteiger partial charge in [-0.25, -0.2) is 9.36 Å². The zero-order valence-electron chi connectivity index (χ0n) is 15.1. The monoisotopic (exact) mass is 393 g/mol. The molecule has 0 saturated heterocycles. The van der Waals surface area contributed by atoms with Crippen LogP contribution in [0, 0.1) is 0 Å². The molecule has 148 valence electrons. The van der Waals surface area contributed by atoms with E-state index in [0.717, 1.165) is 28.0 Å². The number of halogens is 3. The molecule has 0 unspecified atom stereocenters. The Morgan fingerprint density at radius 3 is 2.46 bits per heavy atom. The van der Waals surface area contributed by atoms with Crippen LogP contribution in [0.1, 0.15) is 31.0 Å². The van der Waals surface area contributed by atoms with E-state index >= 15 is 0 Å². The number of aromatic nitrogens is 3. The molecule has 0 aliphatic carbocycles. The summed E-state index contributed by atoms with van der Waals surface area (Å²) >= 11 is 0. The molecule has 2 heterocycles. The molecule has 0 fully saturated rings. The number of aromatic hydroxyl groups is 1. The van der Waals surface area contributed by atoms with E-state index in [2.05, 4.69) is 9.72 Å². The minimum atomic E-state index is -4.80. The van der Waals surface area contributed by atoms with Crippen molar-refractivity contribution >= 4 is 0 Å². The molecular formula is C19H18F3N3O3. The van der Waals surface area contributed by atoms with Gasteiger partial charge in [-0.3, -0.25) is 9.55 Å². The molecule has 0 spiro atoms. The van der Waals surface area contributed by atoms with Crippen LogP contribution in [-0.4, -0.2) is 25.6 Å². The zero-order chi connectivity index (χ0) is 20.5. The quantitative estimate of drug-likeness (QED) is 0.716. The van der Waals surface area contributed by atoms with Gasteiger partial charge < -0.3 is 9.84 Å². The Balaban J connectivity index is 1.88. The van der Waals surface area contributed by atoms with E-state index in [-0.39, 0.29) is 24.0 Å². The highest BCUT2D eigenvalue weighted by atomic mass is 19.4. The Labute approximate surface area is 158 Å². The van der Waals surface area contributed by atoms with Gasteiger partial charge in [-0.15, -0.1) is 13.2 Å². The van der Waals surface area contributed by atoms with Gasteiger partial charge in [0.15, 0.2) is 0 Å². The first kappa shape index (κ1) is 19.5. The normalized spacial score (nSPS) is 11.8. The molecule has 2 aromatic heterocycles. The second kappa shape index (κ2) is 7.41. The van der Waals surface area contributed by atoms with Crippen molar-refractivity contribution in [1.29, 1.82) is 0 Å². The van der Waals surface area contributed by atoms with Gasteiger partial charge in [0.05, 0.1) is 18.4 Å². The summed E-state index contributed by atoms with van der Waals surface area (Å²) in [6.45, 7) is 4.23. The summed E-state index contributed by atoms with van der Waals surface area (Å²) in [4.78, 5) is 16.9. The van der Waals surface area contributed by atoms with Crippen molar-refractivity contribution in [1.82, 2.24) is 14.1 Å². The summed E-state index contributed by atoms with van der Waals surface area (Å²) in [5.41, 5.74) is 1.42. The van der Waals surface area contributed by atoms with Crippen LogP contribution in [-0.2, 0) is 6.54 Å². The molecule has 0 radical (unpaired) electrons. The minimum Gasteiger partial charge on any atom is -0.493 e. The van der Waals surface area contributed by atoms with E-state index in [4.69, 9.17) is 0 Å². The van der Waals surface area contributed by atoms with Gasteiger partial charge in [0.25, 0.3) is 0 Å². The van der Waals surface area contributed by atoms with Crippen LogP contribution in [0.5, 0.6) is 11.6 Å². The molecule has 1 aromatic carbocycles. The maximum atomic E-state index is 12.7. The highest BCUT2D eigenvalue weighted by Crippen LogP contribution is 2.24. The maximum Gasteiger partial charge on any atom is 0.573 e. The molecule has 1 N–H and O–H groups in total. The third-order valence-electron chi connectivity index (χ3n) is 4.06. The summed E-state index contributed by atoms with van der Waals surface area (Å²) in [7, 11) is 0. The van der Waals surface area contributed by atoms with E-state index in [0.29, 0.717) is 0 Å². The molecular weight excluding hydrogens is 375 g/mol. The van der Waals surface area contributed by atoms with E-state index in [9.17, 15) is 23.1 Å². The standard InChI is InChI=1S/C19H18F3N3O3/c1-12(2)16-9-13(7-8-23-16)10-24-11-17(26)25(18(24)27)14-3-5-15(6-4-14)28-19(20,21)22/h3-9,11-12,26H,10H2,1-2H3. The Kier molecular flexibility index (Phi) is 5.17. The van der Waals surface area contributed by atoms with Crippen LogP contribution in [0.3, 0.4) is 0 Å². The molecule has 9 heteroatoms. The molecule has 6 nitrogen and oxygen atoms in total. The van der Waals surface area contributed by atoms with Crippen LogP contribution in [0.15, 0.2) is 53.6 Å². The fourth-order valence-corrected chi connectivity index (χ4v) is 2.74. The van der Waals surface area contributed by atoms with Gasteiger partial charge in [0, 0.05) is 11.9 Å². The lowest BCUT2D eigenvalue weighted by molar-refractivity contribution is -0.274. The Bertz CT molecular complexity index is 1020. The molecule has 0 saturated carbocycles. The lowest BCUT2D eigenvalue weighted by Gasteiger charge is -2.09. The summed E-state index contributed by atoms with van der Waals surface area (Å²) in [5, 5.41) is 10.2. The van der Waals surface area contributed by atoms with Crippen molar-refractivity contribution in [2.24, 2.45) is 0 Å². The van der Waals surface area contributed by atoms with Gasteiger partial charge >= 0.3 is 12.1 Å². The molecule has 3 aromatic rings. The number of benzene rings is 1. The molecule has 0 aliphatic heterocycles. The Hall–Kier alpha value is -3.23. The molecule has 0 amide bonds. The number of pyridine rings is 1. The molecule has 0 atom stereocenters. The van der Waals surface area contributed by atoms with Crippen molar-refractivity contribution in [3.05, 3.63) is 70.5 Å². The topological polar surface area (TPSA) is 69.3 Å². The largest absolute Gasteiger partial charge is 0.573 e. The number of hydrogen-bond acceptors (Lipinski definition) is 4. The average Bonchev–Trinajstić information content (AvgIpc) is 2.88. The third kappa shape index (κ3) is 4.36. The van der Waals surface area contributed by atoms with Crippen molar-refractivity contribution in [3.63, 3.8) is 0 Å². The summed E-state index contributed by atoms with van der Waals surface area (Å²) in [6, 6.07) is 8.32. The van der Waals surface area contributed by atoms with Crippen LogP contribution < -0.4 is 10.4 Å². The van der Waals surface area contributed by atoms with Crippen molar-refractivity contribution < 1.29 is 23.0 Å². The highest BCUT2D eigenvalue weighted by molar-refractivity contribution is 5.40. The first-order chi connectivity index (χ1) is 13.1. The number of nitrogens with zero attached hydrogens (tertiary/aromatic N) is 3. The lowest BCUT2D eigenvalue weighted by Crippen LogP contribution is -2.23. The van der Waals surface area contributed by atoms with E-state index in [1.807, 2.05) is 19.9 Å². The van der Waals surface area contributed by atoms with Crippen molar-refractivity contribution in [2.75, 3.05) is 0 Å². The highest BCUT2D eigenvalue weighted by Gasteiger charge is 2.31. The summed E-state index contributed by atoms with van der Waals surface area (Å²) in [6.07, 6.45) is -1.87. The first-order valence-corrected chi connectivity index (χ1v) is 8.46. The van der Waals surface area contributed by atoms with Gasteiger partial charge in [-0.1, -0.05) is 13.8 Å². The number of imidazole rings is 1. The average molecular weight is 393 g/mol. The predicted octanol–water partition coefficient (Wildman–Crippen LogP) is 3.81. The first-order valence-electron chi connectivity index (χ1n) is 8.46. The molecule has 28 heavy (non-hydrogen) atoms. The van der Waals surface area contributed by atoms with Crippen LogP contribution in [0.4, 0.5) is 13.2 Å². The molecule has 0 aliphatic rings. The van der Waals surface area contributed by atoms with Gasteiger partial charge in [-0.05, 0) is 47.9 Å². The fourth-order valence-electron chi connectivity index (χ4n) is 2.74. The number of hydrogen-bond donors (Lipinski definition) is 1. The van der Waals surface area contributed by atoms with E-state index < -0.39 is 17.8 Å². The van der Waals surface area contributed by atoms with Crippen LogP contribution >= 0.6 is 0 Å². The second-order valence-electron chi connectivity index (χ2n) is 6.52. The smallest absolute Gasteiger partial charge is 0.493 e. The minimum absolute atomic E-state index is 0.216. The zero-order valence-corrected chi connectivity index (χ0v) is 15.1. The van der Waals surface area contributed by atoms with Gasteiger partial charge in [-0.2, -0.15) is 0 Å². The van der Waals surface area contributed by atoms with E-state index in [1.54, 1.807) is 12.3 Å². The predicted molar refractivity (Wildman–Crippen MR) is 95.8 cm³/mol. The maximum absolute atomic E-state index is 12.7. The van der Waals surface area contributed by atoms with Gasteiger partial charge in [0.2, 0.25) is 5.88 Å². The summed E-state index contributed by atoms with van der Waals surface area (Å²) < 4.78 is 42.9. The van der Waals surface area contributed by atoms with Crippen LogP contribution in [0.2, 0.25) is 0 Å². The van der Waals surface area contributed by atoms with Gasteiger partial charge in [0.1, 0.15) is 5.75 Å². The molecule has 3 rings (SSSR count). The molecule has 0 bridgehead atoms. The second-order valence-corrected chi connectivity index (χ2v) is 6.52. The number of alkyl halides is 3. The summed E-state index contributed by atoms with van der Waals surface area (Å²) in [5.74, 6) is -0.513. The SMILES string of the molecule is CC(C)c1cc(Cn2cc(O)n(-c3ccc(OC(F)(F)F)cc3)c2=O)ccn1. The van der Waals surface area contributed by atoms with E-state index in [1.165, 1.54) is 22.9 Å². The van der Waals surface area contributed by atoms with Crippen LogP contribution in [0.25, 0.3) is 5.69 Å². The Morgan fingerprint density at radius 1 is 1.18 bits per heavy atom. The number of ether oxygens (including phenoxy) is 1. The number of rotatable bonds is 5.